The highest BCUT2D eigenvalue weighted by atomic mass is 16.5. The molecule has 0 unspecified atom stereocenters. The van der Waals surface area contributed by atoms with Gasteiger partial charge in [0.2, 0.25) is 5.95 Å². The second-order valence-electron chi connectivity index (χ2n) is 7.77. The lowest BCUT2D eigenvalue weighted by molar-refractivity contribution is -0.00546. The number of anilines is 2. The predicted molar refractivity (Wildman–Crippen MR) is 108 cm³/mol. The van der Waals surface area contributed by atoms with E-state index in [0.717, 1.165) is 44.7 Å². The Morgan fingerprint density at radius 2 is 1.93 bits per heavy atom. The monoisotopic (exact) mass is 368 g/mol. The first-order valence-electron chi connectivity index (χ1n) is 9.91. The molecule has 0 aliphatic carbocycles. The predicted octanol–water partition coefficient (Wildman–Crippen LogP) is 2.60. The summed E-state index contributed by atoms with van der Waals surface area (Å²) in [4.78, 5) is 24.6. The fourth-order valence-electron chi connectivity index (χ4n) is 4.31. The van der Waals surface area contributed by atoms with Crippen molar-refractivity contribution >= 4 is 11.8 Å². The average Bonchev–Trinajstić information content (AvgIpc) is 3.09. The second-order valence-corrected chi connectivity index (χ2v) is 7.77. The van der Waals surface area contributed by atoms with Crippen molar-refractivity contribution < 1.29 is 4.74 Å². The Labute approximate surface area is 160 Å². The van der Waals surface area contributed by atoms with Crippen LogP contribution in [0, 0.1) is 0 Å². The van der Waals surface area contributed by atoms with Gasteiger partial charge in [0.25, 0.3) is 5.56 Å². The Kier molecular flexibility index (Phi) is 5.16. The molecule has 0 saturated carbocycles. The Morgan fingerprint density at radius 1 is 1.19 bits per heavy atom. The van der Waals surface area contributed by atoms with E-state index in [1.165, 1.54) is 5.56 Å². The molecule has 2 saturated heterocycles. The molecule has 4 rings (SSSR count). The van der Waals surface area contributed by atoms with Crippen LogP contribution in [0.15, 0.2) is 41.2 Å². The van der Waals surface area contributed by atoms with E-state index in [9.17, 15) is 4.79 Å². The van der Waals surface area contributed by atoms with Crippen LogP contribution in [0.3, 0.4) is 0 Å². The first kappa shape index (κ1) is 18.0. The number of hydrogen-bond acceptors (Lipinski definition) is 5. The van der Waals surface area contributed by atoms with Gasteiger partial charge in [0, 0.05) is 31.7 Å². The van der Waals surface area contributed by atoms with Crippen LogP contribution in [0.1, 0.15) is 32.3 Å². The smallest absolute Gasteiger partial charge is 0.254 e. The van der Waals surface area contributed by atoms with Gasteiger partial charge in [0.15, 0.2) is 0 Å². The molecule has 27 heavy (non-hydrogen) atoms. The summed E-state index contributed by atoms with van der Waals surface area (Å²) in [6.07, 6.45) is 3.48. The first-order valence-corrected chi connectivity index (χ1v) is 9.91. The summed E-state index contributed by atoms with van der Waals surface area (Å²) < 4.78 is 5.82. The van der Waals surface area contributed by atoms with E-state index in [-0.39, 0.29) is 17.8 Å². The zero-order chi connectivity index (χ0) is 18.8. The van der Waals surface area contributed by atoms with E-state index >= 15 is 0 Å². The number of nitrogens with zero attached hydrogens (tertiary/aromatic N) is 3. The molecule has 0 radical (unpaired) electrons. The molecule has 144 valence electrons. The first-order chi connectivity index (χ1) is 13.1. The highest BCUT2D eigenvalue weighted by molar-refractivity contribution is 5.45. The van der Waals surface area contributed by atoms with E-state index in [1.807, 2.05) is 6.07 Å². The van der Waals surface area contributed by atoms with Gasteiger partial charge in [0.05, 0.1) is 12.2 Å². The van der Waals surface area contributed by atoms with Crippen LogP contribution in [-0.4, -0.2) is 47.9 Å². The molecular weight excluding hydrogens is 340 g/mol. The van der Waals surface area contributed by atoms with Crippen LogP contribution in [0.5, 0.6) is 0 Å². The van der Waals surface area contributed by atoms with Crippen LogP contribution in [-0.2, 0) is 11.2 Å². The molecule has 2 aliphatic heterocycles. The highest BCUT2D eigenvalue weighted by Crippen LogP contribution is 2.26. The Bertz CT molecular complexity index is 812. The lowest BCUT2D eigenvalue weighted by atomic mass is 10.0. The van der Waals surface area contributed by atoms with Gasteiger partial charge in [0.1, 0.15) is 5.82 Å². The maximum absolute atomic E-state index is 12.4. The van der Waals surface area contributed by atoms with Gasteiger partial charge in [-0.1, -0.05) is 30.3 Å². The van der Waals surface area contributed by atoms with Gasteiger partial charge >= 0.3 is 0 Å². The summed E-state index contributed by atoms with van der Waals surface area (Å²) in [7, 11) is 0. The number of ether oxygens (including phenoxy) is 1. The maximum Gasteiger partial charge on any atom is 0.254 e. The van der Waals surface area contributed by atoms with Crippen LogP contribution in [0.25, 0.3) is 0 Å². The van der Waals surface area contributed by atoms with E-state index in [1.54, 1.807) is 6.07 Å². The Balaban J connectivity index is 1.57. The number of rotatable bonds is 4. The lowest BCUT2D eigenvalue weighted by Gasteiger charge is -2.36. The summed E-state index contributed by atoms with van der Waals surface area (Å²) in [5.41, 5.74) is 1.23. The average molecular weight is 368 g/mol. The normalized spacial score (nSPS) is 25.8. The van der Waals surface area contributed by atoms with Crippen molar-refractivity contribution in [3.05, 3.63) is 52.3 Å². The zero-order valence-electron chi connectivity index (χ0n) is 16.1. The summed E-state index contributed by atoms with van der Waals surface area (Å²) >= 11 is 0. The molecule has 1 aromatic carbocycles. The Hall–Kier alpha value is -2.34. The maximum atomic E-state index is 12.4. The zero-order valence-corrected chi connectivity index (χ0v) is 16.1. The minimum atomic E-state index is -0.0906. The molecule has 2 aromatic rings. The van der Waals surface area contributed by atoms with Gasteiger partial charge in [-0.15, -0.1) is 0 Å². The topological polar surface area (TPSA) is 61.5 Å². The third kappa shape index (κ3) is 4.16. The number of benzene rings is 1. The third-order valence-corrected chi connectivity index (χ3v) is 5.42. The number of aromatic nitrogens is 2. The van der Waals surface area contributed by atoms with E-state index in [2.05, 4.69) is 52.9 Å². The van der Waals surface area contributed by atoms with Crippen LogP contribution >= 0.6 is 0 Å². The van der Waals surface area contributed by atoms with Crippen molar-refractivity contribution in [3.8, 4) is 0 Å². The van der Waals surface area contributed by atoms with Gasteiger partial charge < -0.3 is 14.5 Å². The van der Waals surface area contributed by atoms with Crippen molar-refractivity contribution in [1.82, 2.24) is 9.97 Å². The quantitative estimate of drug-likeness (QED) is 0.899. The standard InChI is InChI=1S/C21H28N4O2/c1-15-13-24(14-16(2)27-15)19-12-20(26)23-21(22-19)25-10-6-9-18(25)11-17-7-4-3-5-8-17/h3-5,7-8,12,15-16,18H,6,9-11,13-14H2,1-2H3,(H,22,23,26)/t15-,16+,18-/m0/s1. The molecule has 1 N–H and O–H groups in total. The number of nitrogens with one attached hydrogen (secondary N) is 1. The van der Waals surface area contributed by atoms with Crippen molar-refractivity contribution in [1.29, 1.82) is 0 Å². The largest absolute Gasteiger partial charge is 0.372 e. The molecule has 0 bridgehead atoms. The molecule has 6 nitrogen and oxygen atoms in total. The van der Waals surface area contributed by atoms with Crippen LogP contribution < -0.4 is 15.4 Å². The molecule has 2 aliphatic rings. The van der Waals surface area contributed by atoms with Crippen molar-refractivity contribution in [2.24, 2.45) is 0 Å². The van der Waals surface area contributed by atoms with Crippen LogP contribution in [0.2, 0.25) is 0 Å². The van der Waals surface area contributed by atoms with Gasteiger partial charge in [-0.05, 0) is 38.7 Å². The second kappa shape index (κ2) is 7.72. The molecule has 0 spiro atoms. The summed E-state index contributed by atoms with van der Waals surface area (Å²) in [5.74, 6) is 1.45. The lowest BCUT2D eigenvalue weighted by Crippen LogP contribution is -2.46. The van der Waals surface area contributed by atoms with Crippen molar-refractivity contribution in [2.45, 2.75) is 51.4 Å². The molecule has 1 aromatic heterocycles. The molecule has 0 amide bonds. The molecular formula is C21H28N4O2. The summed E-state index contributed by atoms with van der Waals surface area (Å²) in [5, 5.41) is 0. The number of aromatic amines is 1. The minimum absolute atomic E-state index is 0.0906. The van der Waals surface area contributed by atoms with E-state index < -0.39 is 0 Å². The van der Waals surface area contributed by atoms with Crippen LogP contribution in [0.4, 0.5) is 11.8 Å². The number of morpholine rings is 1. The number of hydrogen-bond donors (Lipinski definition) is 1. The molecule has 3 atom stereocenters. The van der Waals surface area contributed by atoms with Gasteiger partial charge in [-0.2, -0.15) is 4.98 Å². The van der Waals surface area contributed by atoms with Gasteiger partial charge in [-0.25, -0.2) is 0 Å². The molecule has 6 heteroatoms. The van der Waals surface area contributed by atoms with E-state index in [0.29, 0.717) is 12.0 Å². The van der Waals surface area contributed by atoms with Crippen molar-refractivity contribution in [3.63, 3.8) is 0 Å². The number of H-pyrrole nitrogens is 1. The fraction of sp³-hybridized carbons (Fsp3) is 0.524. The SMILES string of the molecule is C[C@@H]1CN(c2cc(=O)[nH]c(N3CCC[C@H]3Cc3ccccc3)n2)C[C@H](C)O1. The molecule has 3 heterocycles. The minimum Gasteiger partial charge on any atom is -0.372 e. The fourth-order valence-corrected chi connectivity index (χ4v) is 4.31. The summed E-state index contributed by atoms with van der Waals surface area (Å²) in [6, 6.07) is 12.5. The van der Waals surface area contributed by atoms with Crippen molar-refractivity contribution in [2.75, 3.05) is 29.4 Å². The summed E-state index contributed by atoms with van der Waals surface area (Å²) in [6.45, 7) is 6.57. The Morgan fingerprint density at radius 3 is 2.67 bits per heavy atom. The van der Waals surface area contributed by atoms with E-state index in [4.69, 9.17) is 9.72 Å². The van der Waals surface area contributed by atoms with Gasteiger partial charge in [-0.3, -0.25) is 9.78 Å². The molecule has 2 fully saturated rings. The highest BCUT2D eigenvalue weighted by Gasteiger charge is 2.28. The third-order valence-electron chi connectivity index (χ3n) is 5.42.